The van der Waals surface area contributed by atoms with Crippen molar-refractivity contribution in [1.29, 1.82) is 0 Å². The molecule has 0 aromatic heterocycles. The molecule has 24 heavy (non-hydrogen) atoms. The summed E-state index contributed by atoms with van der Waals surface area (Å²) < 4.78 is 0. The first-order valence-corrected chi connectivity index (χ1v) is 10.4. The first-order chi connectivity index (χ1) is 11.8. The van der Waals surface area contributed by atoms with Gasteiger partial charge in [0.15, 0.2) is 0 Å². The number of benzene rings is 1. The fourth-order valence-corrected chi connectivity index (χ4v) is 5.25. The second kappa shape index (κ2) is 7.58. The first-order valence-electron chi connectivity index (χ1n) is 10.4. The van der Waals surface area contributed by atoms with Crippen molar-refractivity contribution < 1.29 is 0 Å². The highest BCUT2D eigenvalue weighted by molar-refractivity contribution is 5.33. The molecule has 1 atom stereocenters. The molecule has 2 heteroatoms. The summed E-state index contributed by atoms with van der Waals surface area (Å²) in [4.78, 5) is 5.60. The molecule has 0 saturated carbocycles. The van der Waals surface area contributed by atoms with Crippen LogP contribution in [0.2, 0.25) is 0 Å². The molecule has 0 spiro atoms. The van der Waals surface area contributed by atoms with Crippen molar-refractivity contribution in [3.63, 3.8) is 0 Å². The smallest absolute Gasteiger partial charge is 0.0120 e. The predicted octanol–water partition coefficient (Wildman–Crippen LogP) is 4.06. The van der Waals surface area contributed by atoms with Gasteiger partial charge in [-0.3, -0.25) is 0 Å². The fraction of sp³-hybridized carbons (Fsp3) is 0.727. The lowest BCUT2D eigenvalue weighted by Crippen LogP contribution is -2.47. The molecule has 2 nitrogen and oxygen atoms in total. The summed E-state index contributed by atoms with van der Waals surface area (Å²) in [6, 6.07) is 8.95. The van der Waals surface area contributed by atoms with Crippen LogP contribution in [0.4, 0.5) is 0 Å². The Balaban J connectivity index is 1.33. The molecule has 3 aliphatic rings. The van der Waals surface area contributed by atoms with Crippen molar-refractivity contribution in [3.05, 3.63) is 34.9 Å². The molecule has 0 amide bonds. The quantitative estimate of drug-likeness (QED) is 0.773. The van der Waals surface area contributed by atoms with Gasteiger partial charge in [-0.25, -0.2) is 0 Å². The Hall–Kier alpha value is -0.860. The number of likely N-dealkylation sites (tertiary alicyclic amines) is 2. The number of nitrogens with zero attached hydrogens (tertiary/aromatic N) is 2. The number of fused-ring (bicyclic) bond motifs is 1. The van der Waals surface area contributed by atoms with Gasteiger partial charge in [-0.15, -0.1) is 0 Å². The first kappa shape index (κ1) is 16.6. The van der Waals surface area contributed by atoms with E-state index < -0.39 is 0 Å². The second-order valence-electron chi connectivity index (χ2n) is 8.20. The van der Waals surface area contributed by atoms with Gasteiger partial charge < -0.3 is 9.80 Å². The van der Waals surface area contributed by atoms with E-state index >= 15 is 0 Å². The topological polar surface area (TPSA) is 6.48 Å². The van der Waals surface area contributed by atoms with Gasteiger partial charge in [0, 0.05) is 12.1 Å². The zero-order valence-corrected chi connectivity index (χ0v) is 15.5. The lowest BCUT2D eigenvalue weighted by molar-refractivity contribution is 0.0900. The van der Waals surface area contributed by atoms with Gasteiger partial charge in [-0.05, 0) is 101 Å². The van der Waals surface area contributed by atoms with E-state index in [9.17, 15) is 0 Å². The minimum atomic E-state index is 0.821. The minimum absolute atomic E-state index is 0.821. The van der Waals surface area contributed by atoms with Crippen LogP contribution in [0.5, 0.6) is 0 Å². The van der Waals surface area contributed by atoms with Gasteiger partial charge in [-0.2, -0.15) is 0 Å². The summed E-state index contributed by atoms with van der Waals surface area (Å²) in [5.41, 5.74) is 4.78. The minimum Gasteiger partial charge on any atom is -0.300 e. The Labute approximate surface area is 148 Å². The number of rotatable bonds is 3. The molecule has 0 bridgehead atoms. The molecular weight excluding hydrogens is 292 g/mol. The summed E-state index contributed by atoms with van der Waals surface area (Å²) in [6.45, 7) is 7.67. The average molecular weight is 327 g/mol. The average Bonchev–Trinajstić information content (AvgIpc) is 3.09. The molecular formula is C22H34N2. The van der Waals surface area contributed by atoms with Crippen molar-refractivity contribution >= 4 is 0 Å². The highest BCUT2D eigenvalue weighted by atomic mass is 15.2. The van der Waals surface area contributed by atoms with E-state index in [2.05, 4.69) is 34.9 Å². The molecule has 2 saturated heterocycles. The number of hydrogen-bond acceptors (Lipinski definition) is 2. The summed E-state index contributed by atoms with van der Waals surface area (Å²) in [5.74, 6) is 0. The normalized spacial score (nSPS) is 27.1. The third-order valence-corrected chi connectivity index (χ3v) is 6.85. The monoisotopic (exact) mass is 326 g/mol. The summed E-state index contributed by atoms with van der Waals surface area (Å²) in [6.07, 6.45) is 12.2. The number of piperidine rings is 1. The van der Waals surface area contributed by atoms with Crippen molar-refractivity contribution in [3.8, 4) is 0 Å². The zero-order chi connectivity index (χ0) is 16.4. The predicted molar refractivity (Wildman–Crippen MR) is 102 cm³/mol. The Morgan fingerprint density at radius 2 is 1.42 bits per heavy atom. The molecule has 0 radical (unpaired) electrons. The van der Waals surface area contributed by atoms with Gasteiger partial charge in [0.2, 0.25) is 0 Å². The molecule has 2 aliphatic heterocycles. The van der Waals surface area contributed by atoms with Crippen LogP contribution in [0.25, 0.3) is 0 Å². The lowest BCUT2D eigenvalue weighted by atomic mass is 9.98. The van der Waals surface area contributed by atoms with Crippen LogP contribution in [0.15, 0.2) is 18.2 Å². The Bertz CT molecular complexity index is 539. The fourth-order valence-electron chi connectivity index (χ4n) is 5.25. The van der Waals surface area contributed by atoms with Crippen LogP contribution in [-0.4, -0.2) is 48.1 Å². The number of aryl methyl sites for hydroxylation is 3. The van der Waals surface area contributed by atoms with E-state index in [0.717, 1.165) is 12.1 Å². The van der Waals surface area contributed by atoms with Crippen LogP contribution in [-0.2, 0) is 19.3 Å². The van der Waals surface area contributed by atoms with Gasteiger partial charge in [0.1, 0.15) is 0 Å². The Kier molecular flexibility index (Phi) is 5.24. The highest BCUT2D eigenvalue weighted by Gasteiger charge is 2.30. The molecule has 132 valence electrons. The van der Waals surface area contributed by atoms with Gasteiger partial charge in [0.25, 0.3) is 0 Å². The van der Waals surface area contributed by atoms with Crippen LogP contribution >= 0.6 is 0 Å². The van der Waals surface area contributed by atoms with Crippen LogP contribution in [0.3, 0.4) is 0 Å². The van der Waals surface area contributed by atoms with E-state index in [1.807, 2.05) is 0 Å². The van der Waals surface area contributed by atoms with Crippen LogP contribution in [0, 0.1) is 0 Å². The summed E-state index contributed by atoms with van der Waals surface area (Å²) in [5, 5.41) is 0. The third-order valence-electron chi connectivity index (χ3n) is 6.85. The van der Waals surface area contributed by atoms with Crippen molar-refractivity contribution in [2.45, 2.75) is 76.8 Å². The Morgan fingerprint density at radius 3 is 2.12 bits per heavy atom. The van der Waals surface area contributed by atoms with E-state index in [1.165, 1.54) is 89.5 Å². The van der Waals surface area contributed by atoms with Crippen molar-refractivity contribution in [2.24, 2.45) is 0 Å². The molecule has 1 aliphatic carbocycles. The van der Waals surface area contributed by atoms with E-state index in [0.29, 0.717) is 0 Å². The number of hydrogen-bond donors (Lipinski definition) is 0. The van der Waals surface area contributed by atoms with Gasteiger partial charge in [0.05, 0.1) is 0 Å². The second-order valence-corrected chi connectivity index (χ2v) is 8.20. The van der Waals surface area contributed by atoms with Gasteiger partial charge >= 0.3 is 0 Å². The lowest BCUT2D eigenvalue weighted by Gasteiger charge is -2.40. The largest absolute Gasteiger partial charge is 0.300 e. The molecule has 0 N–H and O–H groups in total. The summed E-state index contributed by atoms with van der Waals surface area (Å²) >= 11 is 0. The zero-order valence-electron chi connectivity index (χ0n) is 15.5. The molecule has 1 unspecified atom stereocenters. The highest BCUT2D eigenvalue weighted by Crippen LogP contribution is 2.28. The standard InChI is InChI=1S/C22H34N2/c1-2-18-5-6-19-7-9-21(10-8-20(19)17-18)24-15-11-22(12-16-24)23-13-3-4-14-23/h5-6,17,21-22H,2-4,7-16H2,1H3. The van der Waals surface area contributed by atoms with Crippen LogP contribution in [0.1, 0.15) is 62.1 Å². The molecule has 1 aromatic rings. The van der Waals surface area contributed by atoms with Crippen molar-refractivity contribution in [2.75, 3.05) is 26.2 Å². The third kappa shape index (κ3) is 3.55. The molecule has 2 heterocycles. The maximum absolute atomic E-state index is 2.83. The SMILES string of the molecule is CCc1ccc2c(c1)CCC(N1CCC(N3CCCC3)CC1)CC2. The van der Waals surface area contributed by atoms with E-state index in [-0.39, 0.29) is 0 Å². The molecule has 1 aromatic carbocycles. The van der Waals surface area contributed by atoms with Gasteiger partial charge in [-0.1, -0.05) is 25.1 Å². The molecule has 2 fully saturated rings. The summed E-state index contributed by atoms with van der Waals surface area (Å²) in [7, 11) is 0. The molecule has 4 rings (SSSR count). The van der Waals surface area contributed by atoms with E-state index in [1.54, 1.807) is 11.1 Å². The van der Waals surface area contributed by atoms with Crippen molar-refractivity contribution in [1.82, 2.24) is 9.80 Å². The van der Waals surface area contributed by atoms with Crippen LogP contribution < -0.4 is 0 Å². The van der Waals surface area contributed by atoms with E-state index in [4.69, 9.17) is 0 Å². The Morgan fingerprint density at radius 1 is 0.792 bits per heavy atom. The maximum atomic E-state index is 2.83. The maximum Gasteiger partial charge on any atom is 0.0120 e.